The molecule has 1 fully saturated rings. The predicted molar refractivity (Wildman–Crippen MR) is 72.0 cm³/mol. The summed E-state index contributed by atoms with van der Waals surface area (Å²) in [5.41, 5.74) is 2.17. The second kappa shape index (κ2) is 5.74. The van der Waals surface area contributed by atoms with Crippen LogP contribution in [0.15, 0.2) is 12.1 Å². The molecule has 1 heterocycles. The topological polar surface area (TPSA) is 21.3 Å². The van der Waals surface area contributed by atoms with Crippen LogP contribution in [0.2, 0.25) is 5.02 Å². The molecule has 1 aliphatic heterocycles. The summed E-state index contributed by atoms with van der Waals surface area (Å²) in [7, 11) is 0. The fourth-order valence-electron chi connectivity index (χ4n) is 2.27. The second-order valence-corrected chi connectivity index (χ2v) is 5.27. The number of rotatable bonds is 3. The molecule has 1 aromatic rings. The Kier molecular flexibility index (Phi) is 4.30. The van der Waals surface area contributed by atoms with Crippen LogP contribution in [0.4, 0.5) is 0 Å². The standard InChI is InChI=1S/C14H20ClNO/c1-10-6-13(7-11(2)14(10)15)17-9-12-4-3-5-16-8-12/h6-7,12,16H,3-5,8-9H2,1-2H3. The summed E-state index contributed by atoms with van der Waals surface area (Å²) in [6.45, 7) is 7.06. The van der Waals surface area contributed by atoms with E-state index in [1.165, 1.54) is 12.8 Å². The van der Waals surface area contributed by atoms with Crippen molar-refractivity contribution in [2.45, 2.75) is 26.7 Å². The van der Waals surface area contributed by atoms with Gasteiger partial charge in [0.2, 0.25) is 0 Å². The summed E-state index contributed by atoms with van der Waals surface area (Å²) in [5, 5.41) is 4.25. The Morgan fingerprint density at radius 1 is 1.35 bits per heavy atom. The van der Waals surface area contributed by atoms with Crippen LogP contribution in [0, 0.1) is 19.8 Å². The lowest BCUT2D eigenvalue weighted by Gasteiger charge is -2.23. The van der Waals surface area contributed by atoms with Crippen molar-refractivity contribution < 1.29 is 4.74 Å². The lowest BCUT2D eigenvalue weighted by Crippen LogP contribution is -2.33. The van der Waals surface area contributed by atoms with Crippen molar-refractivity contribution in [1.82, 2.24) is 5.32 Å². The monoisotopic (exact) mass is 253 g/mol. The molecule has 0 saturated carbocycles. The van der Waals surface area contributed by atoms with Crippen LogP contribution >= 0.6 is 11.6 Å². The molecule has 0 radical (unpaired) electrons. The van der Waals surface area contributed by atoms with Crippen LogP contribution in [-0.4, -0.2) is 19.7 Å². The average Bonchev–Trinajstić information content (AvgIpc) is 2.34. The highest BCUT2D eigenvalue weighted by molar-refractivity contribution is 6.32. The molecule has 1 N–H and O–H groups in total. The van der Waals surface area contributed by atoms with E-state index < -0.39 is 0 Å². The van der Waals surface area contributed by atoms with Crippen molar-refractivity contribution >= 4 is 11.6 Å². The van der Waals surface area contributed by atoms with Crippen LogP contribution in [0.1, 0.15) is 24.0 Å². The van der Waals surface area contributed by atoms with Crippen molar-refractivity contribution in [2.75, 3.05) is 19.7 Å². The fraction of sp³-hybridized carbons (Fsp3) is 0.571. The molecule has 1 aliphatic rings. The van der Waals surface area contributed by atoms with Gasteiger partial charge in [0, 0.05) is 17.5 Å². The molecule has 1 aromatic carbocycles. The van der Waals surface area contributed by atoms with Gasteiger partial charge in [0.1, 0.15) is 5.75 Å². The first kappa shape index (κ1) is 12.7. The molecule has 2 rings (SSSR count). The van der Waals surface area contributed by atoms with Crippen LogP contribution in [0.25, 0.3) is 0 Å². The summed E-state index contributed by atoms with van der Waals surface area (Å²) in [6.07, 6.45) is 2.52. The lowest BCUT2D eigenvalue weighted by atomic mass is 10.0. The van der Waals surface area contributed by atoms with Crippen molar-refractivity contribution in [3.63, 3.8) is 0 Å². The molecule has 94 valence electrons. The maximum absolute atomic E-state index is 6.13. The molecule has 17 heavy (non-hydrogen) atoms. The van der Waals surface area contributed by atoms with Gasteiger partial charge in [-0.3, -0.25) is 0 Å². The molecule has 0 amide bonds. The number of piperidine rings is 1. The molecule has 3 heteroatoms. The molecule has 0 bridgehead atoms. The van der Waals surface area contributed by atoms with Crippen molar-refractivity contribution in [2.24, 2.45) is 5.92 Å². The molecule has 0 spiro atoms. The zero-order chi connectivity index (χ0) is 12.3. The molecule has 0 aromatic heterocycles. The van der Waals surface area contributed by atoms with E-state index in [0.717, 1.165) is 41.6 Å². The fourth-order valence-corrected chi connectivity index (χ4v) is 2.38. The predicted octanol–water partition coefficient (Wildman–Crippen LogP) is 3.34. The molecule has 1 atom stereocenters. The zero-order valence-electron chi connectivity index (χ0n) is 10.6. The summed E-state index contributed by atoms with van der Waals surface area (Å²) >= 11 is 6.13. The molecular weight excluding hydrogens is 234 g/mol. The second-order valence-electron chi connectivity index (χ2n) is 4.89. The Hall–Kier alpha value is -0.730. The third-order valence-electron chi connectivity index (χ3n) is 3.29. The van der Waals surface area contributed by atoms with Crippen molar-refractivity contribution in [3.05, 3.63) is 28.3 Å². The number of benzene rings is 1. The number of nitrogens with one attached hydrogen (secondary N) is 1. The van der Waals surface area contributed by atoms with Crippen molar-refractivity contribution in [3.8, 4) is 5.75 Å². The highest BCUT2D eigenvalue weighted by Gasteiger charge is 2.13. The minimum Gasteiger partial charge on any atom is -0.493 e. The van der Waals surface area contributed by atoms with E-state index in [1.54, 1.807) is 0 Å². The Bertz CT molecular complexity index is 363. The van der Waals surface area contributed by atoms with E-state index in [4.69, 9.17) is 16.3 Å². The van der Waals surface area contributed by atoms with Crippen LogP contribution in [0.3, 0.4) is 0 Å². The third kappa shape index (κ3) is 3.36. The molecule has 1 saturated heterocycles. The Morgan fingerprint density at radius 2 is 2.06 bits per heavy atom. The van der Waals surface area contributed by atoms with E-state index in [2.05, 4.69) is 5.32 Å². The number of halogens is 1. The Labute approximate surface area is 108 Å². The largest absolute Gasteiger partial charge is 0.493 e. The number of hydrogen-bond donors (Lipinski definition) is 1. The van der Waals surface area contributed by atoms with Crippen LogP contribution < -0.4 is 10.1 Å². The first-order valence-electron chi connectivity index (χ1n) is 6.27. The van der Waals surface area contributed by atoms with Crippen molar-refractivity contribution in [1.29, 1.82) is 0 Å². The van der Waals surface area contributed by atoms with Gasteiger partial charge in [-0.2, -0.15) is 0 Å². The van der Waals surface area contributed by atoms with E-state index in [-0.39, 0.29) is 0 Å². The Morgan fingerprint density at radius 3 is 2.65 bits per heavy atom. The quantitative estimate of drug-likeness (QED) is 0.892. The SMILES string of the molecule is Cc1cc(OCC2CCCNC2)cc(C)c1Cl. The van der Waals surface area contributed by atoms with Crippen LogP contribution in [-0.2, 0) is 0 Å². The maximum Gasteiger partial charge on any atom is 0.119 e. The van der Waals surface area contributed by atoms with E-state index in [1.807, 2.05) is 26.0 Å². The van der Waals surface area contributed by atoms with E-state index >= 15 is 0 Å². The third-order valence-corrected chi connectivity index (χ3v) is 3.89. The van der Waals surface area contributed by atoms with Gasteiger partial charge >= 0.3 is 0 Å². The summed E-state index contributed by atoms with van der Waals surface area (Å²) in [4.78, 5) is 0. The Balaban J connectivity index is 1.94. The molecule has 0 aliphatic carbocycles. The summed E-state index contributed by atoms with van der Waals surface area (Å²) in [6, 6.07) is 4.04. The molecule has 2 nitrogen and oxygen atoms in total. The first-order chi connectivity index (χ1) is 8.16. The highest BCUT2D eigenvalue weighted by Crippen LogP contribution is 2.26. The molecule has 1 unspecified atom stereocenters. The summed E-state index contributed by atoms with van der Waals surface area (Å²) < 4.78 is 5.86. The zero-order valence-corrected chi connectivity index (χ0v) is 11.3. The van der Waals surface area contributed by atoms with Gasteiger partial charge in [-0.15, -0.1) is 0 Å². The van der Waals surface area contributed by atoms with Gasteiger partial charge in [-0.1, -0.05) is 11.6 Å². The van der Waals surface area contributed by atoms with Gasteiger partial charge in [-0.25, -0.2) is 0 Å². The number of hydrogen-bond acceptors (Lipinski definition) is 2. The first-order valence-corrected chi connectivity index (χ1v) is 6.65. The minimum absolute atomic E-state index is 0.639. The van der Waals surface area contributed by atoms with E-state index in [0.29, 0.717) is 5.92 Å². The lowest BCUT2D eigenvalue weighted by molar-refractivity contribution is 0.218. The average molecular weight is 254 g/mol. The smallest absolute Gasteiger partial charge is 0.119 e. The summed E-state index contributed by atoms with van der Waals surface area (Å²) in [5.74, 6) is 1.58. The van der Waals surface area contributed by atoms with Gasteiger partial charge in [0.05, 0.1) is 6.61 Å². The van der Waals surface area contributed by atoms with Gasteiger partial charge < -0.3 is 10.1 Å². The van der Waals surface area contributed by atoms with Gasteiger partial charge in [0.25, 0.3) is 0 Å². The van der Waals surface area contributed by atoms with E-state index in [9.17, 15) is 0 Å². The van der Waals surface area contributed by atoms with Gasteiger partial charge in [0.15, 0.2) is 0 Å². The minimum atomic E-state index is 0.639. The number of ether oxygens (including phenoxy) is 1. The maximum atomic E-state index is 6.13. The molecular formula is C14H20ClNO. The number of aryl methyl sites for hydroxylation is 2. The normalized spacial score (nSPS) is 20.3. The van der Waals surface area contributed by atoms with Crippen LogP contribution in [0.5, 0.6) is 5.75 Å². The van der Waals surface area contributed by atoms with Gasteiger partial charge in [-0.05, 0) is 56.5 Å². The highest BCUT2D eigenvalue weighted by atomic mass is 35.5.